The molecule has 3 aromatic carbocycles. The summed E-state index contributed by atoms with van der Waals surface area (Å²) in [5, 5.41) is 7.49. The Hall–Kier alpha value is -5.50. The summed E-state index contributed by atoms with van der Waals surface area (Å²) in [5.74, 6) is -0.490. The first-order valence-corrected chi connectivity index (χ1v) is 21.4. The van der Waals surface area contributed by atoms with Gasteiger partial charge in [-0.1, -0.05) is 25.1 Å². The zero-order valence-electron chi connectivity index (χ0n) is 36.2. The van der Waals surface area contributed by atoms with E-state index in [1.54, 1.807) is 105 Å². The number of benzene rings is 3. The summed E-state index contributed by atoms with van der Waals surface area (Å²) in [4.78, 5) is 61.5. The molecule has 6 rings (SSSR count). The average molecular weight is 846 g/mol. The molecule has 2 aliphatic heterocycles. The molecule has 4 bridgehead atoms. The molecule has 3 heterocycles. The van der Waals surface area contributed by atoms with E-state index in [0.29, 0.717) is 33.3 Å². The lowest BCUT2D eigenvalue weighted by atomic mass is 9.93. The molecule has 4 aromatic rings. The third-order valence-corrected chi connectivity index (χ3v) is 11.5. The van der Waals surface area contributed by atoms with Gasteiger partial charge < -0.3 is 33.5 Å². The number of nitrogens with zero attached hydrogens (tertiary/aromatic N) is 3. The molecule has 16 heteroatoms. The Labute approximate surface area is 351 Å². The molecule has 0 fully saturated rings. The van der Waals surface area contributed by atoms with E-state index in [9.17, 15) is 23.7 Å². The molecular formula is C44H56N5O10P. The predicted octanol–water partition coefficient (Wildman–Crippen LogP) is 9.59. The largest absolute Gasteiger partial charge is 0.449 e. The standard InChI is InChI=1S/C44H56N5O10P/c1-12-56-60(54,57-13-2)36-19-16-33-24-31(36)25-48(11)39(50)37(30-14-17-34(27(3)22-30)28(4)26-55-40(51)47-33)46-32-15-18-35-29(23-32)20-21-45-38(35)49(41(52)58-43(5,6)7)42(53)59-44(8,9)10/h14-24,28,37,46H,12-13,25-26H2,1-11H3,(H,47,51)/t28-,37?/m0/s1. The smallest absolute Gasteiger partial charge is 0.425 e. The molecule has 1 unspecified atom stereocenters. The molecule has 60 heavy (non-hydrogen) atoms. The van der Waals surface area contributed by atoms with Gasteiger partial charge in [0.1, 0.15) is 17.2 Å². The van der Waals surface area contributed by atoms with Gasteiger partial charge in [0.15, 0.2) is 5.82 Å². The number of ether oxygens (including phenoxy) is 3. The number of carbonyl (C=O) groups excluding carboxylic acids is 4. The van der Waals surface area contributed by atoms with Crippen LogP contribution >= 0.6 is 7.60 Å². The van der Waals surface area contributed by atoms with Crippen molar-refractivity contribution < 1.29 is 47.0 Å². The minimum Gasteiger partial charge on any atom is -0.449 e. The first-order valence-electron chi connectivity index (χ1n) is 19.9. The van der Waals surface area contributed by atoms with Crippen molar-refractivity contribution in [3.05, 3.63) is 89.1 Å². The quantitative estimate of drug-likeness (QED) is 0.127. The van der Waals surface area contributed by atoms with E-state index in [-0.39, 0.29) is 49.3 Å². The monoisotopic (exact) mass is 845 g/mol. The zero-order chi connectivity index (χ0) is 44.2. The summed E-state index contributed by atoms with van der Waals surface area (Å²) in [5.41, 5.74) is 2.01. The highest BCUT2D eigenvalue weighted by atomic mass is 31.2. The number of carbonyl (C=O) groups is 4. The van der Waals surface area contributed by atoms with Crippen molar-refractivity contribution in [2.75, 3.05) is 42.4 Å². The second-order valence-electron chi connectivity index (χ2n) is 16.6. The van der Waals surface area contributed by atoms with Gasteiger partial charge in [0, 0.05) is 42.5 Å². The fourth-order valence-corrected chi connectivity index (χ4v) is 8.53. The van der Waals surface area contributed by atoms with Crippen LogP contribution in [0.4, 0.5) is 31.6 Å². The van der Waals surface area contributed by atoms with E-state index < -0.39 is 43.1 Å². The maximum atomic E-state index is 14.8. The minimum absolute atomic E-state index is 0.0120. The fraction of sp³-hybridized carbons (Fsp3) is 0.432. The van der Waals surface area contributed by atoms with Crippen LogP contribution in [0.2, 0.25) is 0 Å². The van der Waals surface area contributed by atoms with Gasteiger partial charge in [-0.3, -0.25) is 14.7 Å². The molecule has 15 nitrogen and oxygen atoms in total. The predicted molar refractivity (Wildman–Crippen MR) is 231 cm³/mol. The number of hydrogen-bond acceptors (Lipinski definition) is 12. The Morgan fingerprint density at radius 3 is 2.18 bits per heavy atom. The van der Waals surface area contributed by atoms with Crippen LogP contribution in [0.1, 0.15) is 96.5 Å². The number of pyridine rings is 1. The van der Waals surface area contributed by atoms with Crippen molar-refractivity contribution in [2.24, 2.45) is 0 Å². The zero-order valence-corrected chi connectivity index (χ0v) is 37.1. The lowest BCUT2D eigenvalue weighted by Crippen LogP contribution is -2.44. The molecule has 0 saturated carbocycles. The van der Waals surface area contributed by atoms with Gasteiger partial charge >= 0.3 is 25.9 Å². The van der Waals surface area contributed by atoms with E-state index in [1.807, 2.05) is 32.0 Å². The number of hydrogen-bond donors (Lipinski definition) is 2. The number of imide groups is 1. The SMILES string of the molecule is CCOP(=O)(OCC)c1ccc2cc1CN(C)C(=O)C(Nc1ccc3c(N(C(=O)OC(C)(C)C)C(=O)OC(C)(C)C)nccc3c1)c1ccc(c(C)c1)[C@@H](C)COC(=O)N2. The first kappa shape index (κ1) is 45.6. The van der Waals surface area contributed by atoms with Crippen LogP contribution in [0.3, 0.4) is 0 Å². The van der Waals surface area contributed by atoms with Crippen LogP contribution in [0, 0.1) is 6.92 Å². The van der Waals surface area contributed by atoms with E-state index in [4.69, 9.17) is 23.3 Å². The molecule has 0 radical (unpaired) electrons. The van der Waals surface area contributed by atoms with Crippen LogP contribution in [0.5, 0.6) is 0 Å². The molecule has 2 N–H and O–H groups in total. The van der Waals surface area contributed by atoms with Crippen LogP contribution < -0.4 is 20.8 Å². The highest BCUT2D eigenvalue weighted by Crippen LogP contribution is 2.48. The fourth-order valence-electron chi connectivity index (χ4n) is 6.75. The number of fused-ring (bicyclic) bond motifs is 10. The Morgan fingerprint density at radius 1 is 0.933 bits per heavy atom. The van der Waals surface area contributed by atoms with Crippen molar-refractivity contribution >= 4 is 65.1 Å². The number of rotatable bonds is 8. The Kier molecular flexibility index (Phi) is 14.0. The number of anilines is 3. The van der Waals surface area contributed by atoms with Gasteiger partial charge in [-0.05, 0) is 132 Å². The molecule has 4 amide bonds. The van der Waals surface area contributed by atoms with Gasteiger partial charge in [0.05, 0.1) is 25.1 Å². The maximum absolute atomic E-state index is 14.8. The second-order valence-corrected chi connectivity index (χ2v) is 18.5. The van der Waals surface area contributed by atoms with Gasteiger partial charge in [0.25, 0.3) is 0 Å². The van der Waals surface area contributed by atoms with Gasteiger partial charge in [-0.2, -0.15) is 4.90 Å². The Morgan fingerprint density at radius 2 is 1.58 bits per heavy atom. The summed E-state index contributed by atoms with van der Waals surface area (Å²) in [6.45, 7) is 17.8. The Bertz CT molecular complexity index is 2270. The third-order valence-electron chi connectivity index (χ3n) is 9.29. The average Bonchev–Trinajstić information content (AvgIpc) is 3.14. The number of aromatic nitrogens is 1. The van der Waals surface area contributed by atoms with E-state index in [0.717, 1.165) is 16.0 Å². The summed E-state index contributed by atoms with van der Waals surface area (Å²) in [6.07, 6.45) is -1.09. The lowest BCUT2D eigenvalue weighted by Gasteiger charge is -2.29. The van der Waals surface area contributed by atoms with Crippen molar-refractivity contribution in [3.63, 3.8) is 0 Å². The van der Waals surface area contributed by atoms with Gasteiger partial charge in [0.2, 0.25) is 5.91 Å². The number of amides is 4. The third kappa shape index (κ3) is 11.0. The minimum atomic E-state index is -3.84. The highest BCUT2D eigenvalue weighted by molar-refractivity contribution is 7.62. The number of nitrogens with one attached hydrogen (secondary N) is 2. The summed E-state index contributed by atoms with van der Waals surface area (Å²) in [7, 11) is -2.21. The van der Waals surface area contributed by atoms with Crippen LogP contribution in [-0.2, 0) is 39.2 Å². The molecule has 0 saturated heterocycles. The van der Waals surface area contributed by atoms with Crippen LogP contribution in [0.15, 0.2) is 66.9 Å². The lowest BCUT2D eigenvalue weighted by molar-refractivity contribution is -0.131. The summed E-state index contributed by atoms with van der Waals surface area (Å²) in [6, 6.07) is 16.5. The van der Waals surface area contributed by atoms with E-state index in [2.05, 4.69) is 15.6 Å². The molecule has 0 aliphatic carbocycles. The normalized spacial score (nSPS) is 16.6. The van der Waals surface area contributed by atoms with Crippen LogP contribution in [0.25, 0.3) is 10.8 Å². The number of likely N-dealkylation sites (N-methyl/N-ethyl adjacent to an activating group) is 1. The van der Waals surface area contributed by atoms with Gasteiger partial charge in [-0.15, -0.1) is 0 Å². The molecule has 322 valence electrons. The van der Waals surface area contributed by atoms with Crippen molar-refractivity contribution in [2.45, 2.75) is 98.9 Å². The van der Waals surface area contributed by atoms with Crippen molar-refractivity contribution in [1.82, 2.24) is 9.88 Å². The molecular weight excluding hydrogens is 789 g/mol. The summed E-state index contributed by atoms with van der Waals surface area (Å²) >= 11 is 0. The molecule has 2 aliphatic rings. The molecule has 2 atom stereocenters. The van der Waals surface area contributed by atoms with Crippen molar-refractivity contribution in [1.29, 1.82) is 0 Å². The van der Waals surface area contributed by atoms with Crippen LogP contribution in [-0.4, -0.2) is 72.1 Å². The topological polar surface area (TPSA) is 175 Å². The number of aryl methyl sites for hydroxylation is 1. The van der Waals surface area contributed by atoms with Crippen molar-refractivity contribution in [3.8, 4) is 0 Å². The Balaban J connectivity index is 1.60. The second kappa shape index (κ2) is 18.4. The van der Waals surface area contributed by atoms with E-state index in [1.165, 1.54) is 11.1 Å². The van der Waals surface area contributed by atoms with Gasteiger partial charge in [-0.25, -0.2) is 19.4 Å². The summed E-state index contributed by atoms with van der Waals surface area (Å²) < 4.78 is 42.4. The molecule has 0 spiro atoms. The maximum Gasteiger partial charge on any atom is 0.425 e. The highest BCUT2D eigenvalue weighted by Gasteiger charge is 2.36. The molecule has 1 aromatic heterocycles. The van der Waals surface area contributed by atoms with E-state index >= 15 is 0 Å². The first-order chi connectivity index (χ1) is 28.1.